The fourth-order valence-electron chi connectivity index (χ4n) is 10.2. The Kier molecular flexibility index (Phi) is 11.7. The second-order valence-electron chi connectivity index (χ2n) is 18.1. The van der Waals surface area contributed by atoms with Gasteiger partial charge in [0, 0.05) is 73.7 Å². The third kappa shape index (κ3) is 8.48. The van der Waals surface area contributed by atoms with Gasteiger partial charge in [0.1, 0.15) is 23.7 Å². The van der Waals surface area contributed by atoms with E-state index in [1.807, 2.05) is 41.1 Å². The molecule has 5 aromatic rings. The van der Waals surface area contributed by atoms with E-state index in [1.54, 1.807) is 18.3 Å². The number of ketones is 1. The molecule has 1 unspecified atom stereocenters. The van der Waals surface area contributed by atoms with E-state index >= 15 is 8.78 Å². The molecule has 0 spiro atoms. The number of benzene rings is 3. The van der Waals surface area contributed by atoms with Crippen molar-refractivity contribution in [3.05, 3.63) is 113 Å². The average molecular weight is 937 g/mol. The summed E-state index contributed by atoms with van der Waals surface area (Å²) < 4.78 is 73.1. The number of pyridine rings is 1. The zero-order valence-electron chi connectivity index (χ0n) is 36.3. The summed E-state index contributed by atoms with van der Waals surface area (Å²) in [7, 11) is -4.36. The number of carbonyl (C=O) groups is 5. The zero-order chi connectivity index (χ0) is 46.7. The van der Waals surface area contributed by atoms with E-state index < -0.39 is 81.3 Å². The highest BCUT2D eigenvalue weighted by molar-refractivity contribution is 7.90. The smallest absolute Gasteiger partial charge is 0.301 e. The summed E-state index contributed by atoms with van der Waals surface area (Å²) in [4.78, 5) is 77.7. The SMILES string of the molecule is O=C1CCC(N2C(=O)c3ccc(C4CCN(CC5CCN(c6ccc(-c7cnc8[nH]cc(C(=O)c9c(F)ccc(NS(=O)(=O)N%10CC[C@@H](F)C%10)c9F)c8c7)cc6)CC5)CC4)cc3C2=O)C(=O)N1. The second-order valence-corrected chi connectivity index (χ2v) is 19.8. The number of hydrogen-bond donors (Lipinski definition) is 3. The van der Waals surface area contributed by atoms with Gasteiger partial charge in [-0.3, -0.25) is 38.9 Å². The Labute approximate surface area is 383 Å². The lowest BCUT2D eigenvalue weighted by Gasteiger charge is -2.38. The van der Waals surface area contributed by atoms with Crippen molar-refractivity contribution >= 4 is 62.0 Å². The van der Waals surface area contributed by atoms with Gasteiger partial charge in [0.2, 0.25) is 17.6 Å². The topological polar surface area (TPSA) is 185 Å². The third-order valence-corrected chi connectivity index (χ3v) is 15.5. The number of carbonyl (C=O) groups excluding carboxylic acids is 5. The summed E-state index contributed by atoms with van der Waals surface area (Å²) in [5.74, 6) is -4.80. The Balaban J connectivity index is 0.734. The first-order chi connectivity index (χ1) is 32.2. The Hall–Kier alpha value is -6.44. The summed E-state index contributed by atoms with van der Waals surface area (Å²) >= 11 is 0. The average Bonchev–Trinajstić information content (AvgIpc) is 4.03. The number of halogens is 3. The molecule has 19 heteroatoms. The van der Waals surface area contributed by atoms with Crippen LogP contribution in [0.1, 0.15) is 93.1 Å². The molecule has 4 saturated heterocycles. The van der Waals surface area contributed by atoms with E-state index in [1.165, 1.54) is 6.20 Å². The highest BCUT2D eigenvalue weighted by Crippen LogP contribution is 2.36. The number of piperidine rings is 3. The van der Waals surface area contributed by atoms with Crippen LogP contribution in [0.15, 0.2) is 73.1 Å². The van der Waals surface area contributed by atoms with Crippen LogP contribution in [0.2, 0.25) is 0 Å². The van der Waals surface area contributed by atoms with Gasteiger partial charge >= 0.3 is 10.2 Å². The number of amides is 4. The van der Waals surface area contributed by atoms with Gasteiger partial charge < -0.3 is 14.8 Å². The van der Waals surface area contributed by atoms with Crippen molar-refractivity contribution in [1.29, 1.82) is 0 Å². The fourth-order valence-corrected chi connectivity index (χ4v) is 11.5. The first kappa shape index (κ1) is 44.4. The summed E-state index contributed by atoms with van der Waals surface area (Å²) in [5, 5.41) is 2.56. The van der Waals surface area contributed by atoms with Crippen LogP contribution in [0, 0.1) is 17.6 Å². The number of rotatable bonds is 11. The van der Waals surface area contributed by atoms with E-state index in [9.17, 15) is 36.8 Å². The lowest BCUT2D eigenvalue weighted by molar-refractivity contribution is -0.136. The number of fused-ring (bicyclic) bond motifs is 2. The minimum absolute atomic E-state index is 0.00124. The number of imide groups is 2. The lowest BCUT2D eigenvalue weighted by Crippen LogP contribution is -2.54. The van der Waals surface area contributed by atoms with Crippen molar-refractivity contribution in [2.45, 2.75) is 63.1 Å². The highest BCUT2D eigenvalue weighted by atomic mass is 32.2. The van der Waals surface area contributed by atoms with Gasteiger partial charge in [-0.1, -0.05) is 18.2 Å². The van der Waals surface area contributed by atoms with Crippen molar-refractivity contribution in [2.75, 3.05) is 55.4 Å². The van der Waals surface area contributed by atoms with E-state index in [4.69, 9.17) is 0 Å². The van der Waals surface area contributed by atoms with Crippen molar-refractivity contribution < 1.29 is 45.6 Å². The lowest BCUT2D eigenvalue weighted by atomic mass is 9.87. The van der Waals surface area contributed by atoms with Gasteiger partial charge in [0.25, 0.3) is 11.8 Å². The molecule has 4 fully saturated rings. The van der Waals surface area contributed by atoms with Crippen LogP contribution in [0.4, 0.5) is 24.5 Å². The number of anilines is 2. The number of hydrogen-bond acceptors (Lipinski definition) is 10. The zero-order valence-corrected chi connectivity index (χ0v) is 37.1. The molecule has 3 N–H and O–H groups in total. The molecule has 15 nitrogen and oxygen atoms in total. The molecule has 10 rings (SSSR count). The Morgan fingerprint density at radius 1 is 0.821 bits per heavy atom. The first-order valence-electron chi connectivity index (χ1n) is 22.6. The molecule has 7 heterocycles. The number of nitrogens with zero attached hydrogens (tertiary/aromatic N) is 5. The van der Waals surface area contributed by atoms with Crippen molar-refractivity contribution in [2.24, 2.45) is 5.92 Å². The van der Waals surface area contributed by atoms with Crippen LogP contribution >= 0.6 is 0 Å². The molecule has 0 bridgehead atoms. The maximum Gasteiger partial charge on any atom is 0.301 e. The van der Waals surface area contributed by atoms with Crippen LogP contribution in [0.25, 0.3) is 22.2 Å². The molecule has 0 radical (unpaired) electrons. The van der Waals surface area contributed by atoms with E-state index in [0.717, 1.165) is 96.6 Å². The molecule has 5 aliphatic heterocycles. The van der Waals surface area contributed by atoms with Crippen LogP contribution in [-0.2, 0) is 19.8 Å². The predicted molar refractivity (Wildman–Crippen MR) is 241 cm³/mol. The largest absolute Gasteiger partial charge is 0.372 e. The quantitative estimate of drug-likeness (QED) is 0.106. The number of nitrogens with one attached hydrogen (secondary N) is 3. The normalized spacial score (nSPS) is 21.4. The van der Waals surface area contributed by atoms with Gasteiger partial charge in [0.15, 0.2) is 5.82 Å². The summed E-state index contributed by atoms with van der Waals surface area (Å²) in [6, 6.07) is 15.9. The molecular formula is C48H47F3N8O7S. The predicted octanol–water partition coefficient (Wildman–Crippen LogP) is 5.94. The van der Waals surface area contributed by atoms with E-state index in [2.05, 4.69) is 25.1 Å². The second kappa shape index (κ2) is 17.7. The molecule has 67 heavy (non-hydrogen) atoms. The minimum atomic E-state index is -4.36. The number of aromatic amines is 1. The molecule has 2 aromatic heterocycles. The number of aromatic nitrogens is 2. The molecular weight excluding hydrogens is 890 g/mol. The maximum atomic E-state index is 15.8. The molecule has 5 aliphatic rings. The van der Waals surface area contributed by atoms with Crippen LogP contribution in [-0.4, -0.2) is 120 Å². The molecule has 348 valence electrons. The van der Waals surface area contributed by atoms with Gasteiger partial charge in [0.05, 0.1) is 22.4 Å². The van der Waals surface area contributed by atoms with Gasteiger partial charge in [-0.05, 0) is 117 Å². The van der Waals surface area contributed by atoms with Crippen molar-refractivity contribution in [3.8, 4) is 11.1 Å². The fraction of sp³-hybridized carbons (Fsp3) is 0.375. The van der Waals surface area contributed by atoms with Gasteiger partial charge in [-0.15, -0.1) is 0 Å². The van der Waals surface area contributed by atoms with E-state index in [-0.39, 0.29) is 37.3 Å². The monoisotopic (exact) mass is 936 g/mol. The van der Waals surface area contributed by atoms with Crippen molar-refractivity contribution in [3.63, 3.8) is 0 Å². The Bertz CT molecular complexity index is 2950. The number of likely N-dealkylation sites (tertiary alicyclic amines) is 1. The van der Waals surface area contributed by atoms with Gasteiger partial charge in [-0.25, -0.2) is 18.2 Å². The molecule has 0 aliphatic carbocycles. The number of alkyl halides is 1. The molecule has 0 saturated carbocycles. The summed E-state index contributed by atoms with van der Waals surface area (Å²) in [5.41, 5.74) is 2.87. The van der Waals surface area contributed by atoms with Crippen molar-refractivity contribution in [1.82, 2.24) is 29.4 Å². The highest BCUT2D eigenvalue weighted by Gasteiger charge is 2.45. The maximum absolute atomic E-state index is 15.8. The summed E-state index contributed by atoms with van der Waals surface area (Å²) in [6.07, 6.45) is 5.71. The standard InChI is InChI=1S/C48H47F3N8O7S/c49-32-15-20-58(26-32)67(65,66)55-39-8-7-38(50)42(43(39)51)44(61)37-24-53-45-35(37)22-31(23-52-45)28-1-4-33(5-2-28)57-18-11-27(12-19-57)25-56-16-13-29(14-17-56)30-3-6-34-36(21-30)48(64)59(47(34)63)40-9-10-41(60)54-46(40)62/h1-8,21-24,27,29,32,40,55H,9-20,25-26H2,(H,52,53)(H,54,60,62)/t32-,40?/m1/s1. The van der Waals surface area contributed by atoms with Gasteiger partial charge in [-0.2, -0.15) is 12.7 Å². The van der Waals surface area contributed by atoms with E-state index in [0.29, 0.717) is 33.6 Å². The van der Waals surface area contributed by atoms with Crippen LogP contribution in [0.3, 0.4) is 0 Å². The number of H-pyrrole nitrogens is 1. The summed E-state index contributed by atoms with van der Waals surface area (Å²) in [6.45, 7) is 4.15. The van der Waals surface area contributed by atoms with Crippen LogP contribution in [0.5, 0.6) is 0 Å². The molecule has 2 atom stereocenters. The first-order valence-corrected chi connectivity index (χ1v) is 24.0. The minimum Gasteiger partial charge on any atom is -0.372 e. The molecule has 3 aromatic carbocycles. The van der Waals surface area contributed by atoms with Crippen LogP contribution < -0.4 is 14.9 Å². The Morgan fingerprint density at radius 3 is 2.28 bits per heavy atom. The Morgan fingerprint density at radius 2 is 1.57 bits per heavy atom. The molecule has 4 amide bonds. The third-order valence-electron chi connectivity index (χ3n) is 14.0.